The van der Waals surface area contributed by atoms with Crippen molar-refractivity contribution in [1.29, 1.82) is 0 Å². The SMILES string of the molecule is CC(C)(C)CC(=O)N1CC=C(c2ccc(O)cc2)CC1. The van der Waals surface area contributed by atoms with Crippen molar-refractivity contribution >= 4 is 11.5 Å². The summed E-state index contributed by atoms with van der Waals surface area (Å²) < 4.78 is 0. The number of carbonyl (C=O) groups excluding carboxylic acids is 1. The van der Waals surface area contributed by atoms with Gasteiger partial charge in [0.15, 0.2) is 0 Å². The number of carbonyl (C=O) groups is 1. The number of phenolic OH excluding ortho intramolecular Hbond substituents is 1. The van der Waals surface area contributed by atoms with E-state index in [0.717, 1.165) is 18.5 Å². The van der Waals surface area contributed by atoms with E-state index in [1.165, 1.54) is 5.57 Å². The van der Waals surface area contributed by atoms with Crippen molar-refractivity contribution < 1.29 is 9.90 Å². The second-order valence-electron chi connectivity index (χ2n) is 6.60. The van der Waals surface area contributed by atoms with Crippen molar-refractivity contribution in [3.05, 3.63) is 35.9 Å². The van der Waals surface area contributed by atoms with E-state index in [1.807, 2.05) is 17.0 Å². The number of aromatic hydroxyl groups is 1. The predicted octanol–water partition coefficient (Wildman–Crippen LogP) is 3.44. The lowest BCUT2D eigenvalue weighted by Gasteiger charge is -2.29. The van der Waals surface area contributed by atoms with Crippen molar-refractivity contribution in [2.75, 3.05) is 13.1 Å². The van der Waals surface area contributed by atoms with Crippen molar-refractivity contribution in [3.8, 4) is 5.75 Å². The van der Waals surface area contributed by atoms with Crippen LogP contribution in [0.4, 0.5) is 0 Å². The topological polar surface area (TPSA) is 40.5 Å². The van der Waals surface area contributed by atoms with Gasteiger partial charge >= 0.3 is 0 Å². The third kappa shape index (κ3) is 3.86. The normalized spacial score (nSPS) is 15.9. The number of amides is 1. The van der Waals surface area contributed by atoms with Crippen molar-refractivity contribution in [2.24, 2.45) is 5.41 Å². The minimum atomic E-state index is 0.0397. The van der Waals surface area contributed by atoms with Crippen LogP contribution in [0.25, 0.3) is 5.57 Å². The Morgan fingerprint density at radius 2 is 1.90 bits per heavy atom. The molecule has 3 nitrogen and oxygen atoms in total. The average Bonchev–Trinajstić information content (AvgIpc) is 2.38. The molecule has 0 saturated carbocycles. The highest BCUT2D eigenvalue weighted by atomic mass is 16.3. The summed E-state index contributed by atoms with van der Waals surface area (Å²) in [6.07, 6.45) is 3.59. The number of hydrogen-bond donors (Lipinski definition) is 1. The molecule has 0 radical (unpaired) electrons. The zero-order valence-electron chi connectivity index (χ0n) is 12.5. The lowest BCUT2D eigenvalue weighted by molar-refractivity contribution is -0.132. The fourth-order valence-electron chi connectivity index (χ4n) is 2.40. The highest BCUT2D eigenvalue weighted by Crippen LogP contribution is 2.26. The van der Waals surface area contributed by atoms with Crippen LogP contribution in [-0.4, -0.2) is 29.0 Å². The van der Waals surface area contributed by atoms with Crippen LogP contribution in [0.2, 0.25) is 0 Å². The van der Waals surface area contributed by atoms with Gasteiger partial charge in [-0.15, -0.1) is 0 Å². The maximum Gasteiger partial charge on any atom is 0.223 e. The van der Waals surface area contributed by atoms with Gasteiger partial charge in [0, 0.05) is 19.5 Å². The van der Waals surface area contributed by atoms with Gasteiger partial charge in [-0.25, -0.2) is 0 Å². The molecule has 0 saturated heterocycles. The van der Waals surface area contributed by atoms with Gasteiger partial charge in [-0.05, 0) is 35.1 Å². The molecule has 20 heavy (non-hydrogen) atoms. The largest absolute Gasteiger partial charge is 0.508 e. The van der Waals surface area contributed by atoms with E-state index >= 15 is 0 Å². The highest BCUT2D eigenvalue weighted by Gasteiger charge is 2.22. The van der Waals surface area contributed by atoms with Crippen LogP contribution in [-0.2, 0) is 4.79 Å². The molecule has 2 rings (SSSR count). The Hall–Kier alpha value is -1.77. The molecule has 0 atom stereocenters. The molecule has 0 bridgehead atoms. The Kier molecular flexibility index (Phi) is 4.17. The van der Waals surface area contributed by atoms with Gasteiger partial charge in [-0.2, -0.15) is 0 Å². The molecule has 0 aliphatic carbocycles. The predicted molar refractivity (Wildman–Crippen MR) is 81.4 cm³/mol. The quantitative estimate of drug-likeness (QED) is 0.896. The number of rotatable bonds is 2. The van der Waals surface area contributed by atoms with Gasteiger partial charge in [-0.1, -0.05) is 39.0 Å². The van der Waals surface area contributed by atoms with E-state index in [9.17, 15) is 9.90 Å². The summed E-state index contributed by atoms with van der Waals surface area (Å²) in [5.74, 6) is 0.519. The van der Waals surface area contributed by atoms with Crippen LogP contribution >= 0.6 is 0 Å². The Morgan fingerprint density at radius 1 is 1.25 bits per heavy atom. The second-order valence-corrected chi connectivity index (χ2v) is 6.60. The zero-order valence-corrected chi connectivity index (χ0v) is 12.5. The van der Waals surface area contributed by atoms with Crippen LogP contribution in [0.5, 0.6) is 5.75 Å². The number of nitrogens with zero attached hydrogens (tertiary/aromatic N) is 1. The van der Waals surface area contributed by atoms with Crippen molar-refractivity contribution in [1.82, 2.24) is 4.90 Å². The number of benzene rings is 1. The molecular formula is C17H23NO2. The molecule has 3 heteroatoms. The van der Waals surface area contributed by atoms with E-state index in [0.29, 0.717) is 13.0 Å². The summed E-state index contributed by atoms with van der Waals surface area (Å²) >= 11 is 0. The fraction of sp³-hybridized carbons (Fsp3) is 0.471. The van der Waals surface area contributed by atoms with E-state index in [2.05, 4.69) is 26.8 Å². The fourth-order valence-corrected chi connectivity index (χ4v) is 2.40. The Balaban J connectivity index is 2.00. The molecule has 1 aliphatic rings. The lowest BCUT2D eigenvalue weighted by Crippen LogP contribution is -2.36. The maximum absolute atomic E-state index is 12.2. The van der Waals surface area contributed by atoms with E-state index in [1.54, 1.807) is 12.1 Å². The number of hydrogen-bond acceptors (Lipinski definition) is 2. The van der Waals surface area contributed by atoms with Crippen molar-refractivity contribution in [2.45, 2.75) is 33.6 Å². The summed E-state index contributed by atoms with van der Waals surface area (Å²) in [5, 5.41) is 9.31. The first-order valence-electron chi connectivity index (χ1n) is 7.11. The first-order chi connectivity index (χ1) is 9.35. The van der Waals surface area contributed by atoms with Gasteiger partial charge in [0.1, 0.15) is 5.75 Å². The summed E-state index contributed by atoms with van der Waals surface area (Å²) in [6.45, 7) is 7.73. The molecule has 1 aliphatic heterocycles. The first kappa shape index (κ1) is 14.6. The minimum Gasteiger partial charge on any atom is -0.508 e. The third-order valence-electron chi connectivity index (χ3n) is 3.48. The summed E-state index contributed by atoms with van der Waals surface area (Å²) in [6, 6.07) is 7.25. The van der Waals surface area contributed by atoms with E-state index < -0.39 is 0 Å². The van der Waals surface area contributed by atoms with E-state index in [4.69, 9.17) is 0 Å². The molecular weight excluding hydrogens is 250 g/mol. The smallest absolute Gasteiger partial charge is 0.223 e. The highest BCUT2D eigenvalue weighted by molar-refractivity contribution is 5.78. The molecule has 1 heterocycles. The van der Waals surface area contributed by atoms with Gasteiger partial charge < -0.3 is 10.0 Å². The molecule has 1 aromatic rings. The summed E-state index contributed by atoms with van der Waals surface area (Å²) in [5.41, 5.74) is 2.42. The first-order valence-corrected chi connectivity index (χ1v) is 7.11. The molecule has 1 N–H and O–H groups in total. The average molecular weight is 273 g/mol. The molecule has 0 aromatic heterocycles. The molecule has 108 valence electrons. The molecule has 0 unspecified atom stereocenters. The minimum absolute atomic E-state index is 0.0397. The van der Waals surface area contributed by atoms with Crippen LogP contribution in [0, 0.1) is 5.41 Å². The molecule has 1 amide bonds. The van der Waals surface area contributed by atoms with Gasteiger partial charge in [-0.3, -0.25) is 4.79 Å². The Morgan fingerprint density at radius 3 is 2.40 bits per heavy atom. The van der Waals surface area contributed by atoms with E-state index in [-0.39, 0.29) is 17.1 Å². The Labute approximate surface area is 120 Å². The Bertz CT molecular complexity index is 509. The van der Waals surface area contributed by atoms with Gasteiger partial charge in [0.25, 0.3) is 0 Å². The van der Waals surface area contributed by atoms with Gasteiger partial charge in [0.05, 0.1) is 0 Å². The maximum atomic E-state index is 12.2. The van der Waals surface area contributed by atoms with Crippen LogP contribution in [0.15, 0.2) is 30.3 Å². The monoisotopic (exact) mass is 273 g/mol. The number of phenols is 1. The van der Waals surface area contributed by atoms with Crippen molar-refractivity contribution in [3.63, 3.8) is 0 Å². The van der Waals surface area contributed by atoms with Crippen LogP contribution in [0.3, 0.4) is 0 Å². The standard InChI is InChI=1S/C17H23NO2/c1-17(2,3)12-16(20)18-10-8-14(9-11-18)13-4-6-15(19)7-5-13/h4-8,19H,9-12H2,1-3H3. The second kappa shape index (κ2) is 5.70. The summed E-state index contributed by atoms with van der Waals surface area (Å²) in [7, 11) is 0. The van der Waals surface area contributed by atoms with Crippen LogP contribution in [0.1, 0.15) is 39.2 Å². The van der Waals surface area contributed by atoms with Crippen LogP contribution < -0.4 is 0 Å². The van der Waals surface area contributed by atoms with Gasteiger partial charge in [0.2, 0.25) is 5.91 Å². The zero-order chi connectivity index (χ0) is 14.8. The lowest BCUT2D eigenvalue weighted by atomic mass is 9.91. The summed E-state index contributed by atoms with van der Waals surface area (Å²) in [4.78, 5) is 14.1. The third-order valence-corrected chi connectivity index (χ3v) is 3.48. The molecule has 1 aromatic carbocycles. The molecule has 0 spiro atoms. The molecule has 0 fully saturated rings.